The number of para-hydroxylation sites is 1. The van der Waals surface area contributed by atoms with Gasteiger partial charge < -0.3 is 4.74 Å². The summed E-state index contributed by atoms with van der Waals surface area (Å²) in [6, 6.07) is 12.7. The Kier molecular flexibility index (Phi) is 4.71. The van der Waals surface area contributed by atoms with Crippen LogP contribution in [0.4, 0.5) is 10.5 Å². The van der Waals surface area contributed by atoms with Crippen LogP contribution in [0.15, 0.2) is 54.9 Å². The first kappa shape index (κ1) is 14.1. The number of rotatable bonds is 4. The molecule has 2 rings (SSSR count). The Morgan fingerprint density at radius 2 is 1.85 bits per heavy atom. The molecule has 1 aromatic heterocycles. The van der Waals surface area contributed by atoms with E-state index < -0.39 is 0 Å². The summed E-state index contributed by atoms with van der Waals surface area (Å²) in [7, 11) is 0. The molecule has 1 aromatic carbocycles. The van der Waals surface area contributed by atoms with E-state index in [1.165, 1.54) is 0 Å². The van der Waals surface area contributed by atoms with Crippen molar-refractivity contribution in [2.24, 2.45) is 0 Å². The standard InChI is InChI=1S/C16H18N2O2/c1-3-13(2)18(14-9-11-17-12-10-14)16(19)20-15-7-5-4-6-8-15/h4-13H,3H2,1-2H3. The fraction of sp³-hybridized carbons (Fsp3) is 0.250. The molecule has 0 aliphatic rings. The molecular formula is C16H18N2O2. The Balaban J connectivity index is 2.21. The molecule has 0 aliphatic carbocycles. The minimum atomic E-state index is -0.378. The van der Waals surface area contributed by atoms with E-state index in [1.807, 2.05) is 32.0 Å². The summed E-state index contributed by atoms with van der Waals surface area (Å²) >= 11 is 0. The van der Waals surface area contributed by atoms with Crippen LogP contribution in [0.1, 0.15) is 20.3 Å². The van der Waals surface area contributed by atoms with Crippen molar-refractivity contribution >= 4 is 11.8 Å². The molecule has 4 heteroatoms. The van der Waals surface area contributed by atoms with Crippen LogP contribution < -0.4 is 9.64 Å². The second kappa shape index (κ2) is 6.70. The van der Waals surface area contributed by atoms with Gasteiger partial charge in [-0.25, -0.2) is 4.79 Å². The van der Waals surface area contributed by atoms with Gasteiger partial charge in [-0.1, -0.05) is 25.1 Å². The second-order valence-electron chi connectivity index (χ2n) is 4.51. The average molecular weight is 270 g/mol. The number of hydrogen-bond donors (Lipinski definition) is 0. The van der Waals surface area contributed by atoms with Crippen LogP contribution in [-0.4, -0.2) is 17.1 Å². The summed E-state index contributed by atoms with van der Waals surface area (Å²) in [5.74, 6) is 0.542. The van der Waals surface area contributed by atoms with Gasteiger partial charge in [-0.2, -0.15) is 0 Å². The van der Waals surface area contributed by atoms with E-state index in [9.17, 15) is 4.79 Å². The number of aromatic nitrogens is 1. The highest BCUT2D eigenvalue weighted by Crippen LogP contribution is 2.20. The van der Waals surface area contributed by atoms with Gasteiger partial charge in [0.15, 0.2) is 0 Å². The fourth-order valence-corrected chi connectivity index (χ4v) is 1.87. The number of benzene rings is 1. The zero-order valence-corrected chi connectivity index (χ0v) is 11.7. The third-order valence-electron chi connectivity index (χ3n) is 3.12. The van der Waals surface area contributed by atoms with Crippen molar-refractivity contribution in [3.05, 3.63) is 54.9 Å². The molecule has 4 nitrogen and oxygen atoms in total. The first-order chi connectivity index (χ1) is 9.72. The molecule has 20 heavy (non-hydrogen) atoms. The minimum absolute atomic E-state index is 0.0496. The second-order valence-corrected chi connectivity index (χ2v) is 4.51. The molecule has 0 aliphatic heterocycles. The monoisotopic (exact) mass is 270 g/mol. The highest BCUT2D eigenvalue weighted by atomic mass is 16.6. The van der Waals surface area contributed by atoms with E-state index in [-0.39, 0.29) is 12.1 Å². The molecule has 1 heterocycles. The Labute approximate surface area is 119 Å². The van der Waals surface area contributed by atoms with Crippen LogP contribution in [0.25, 0.3) is 0 Å². The van der Waals surface area contributed by atoms with Crippen LogP contribution in [0.3, 0.4) is 0 Å². The molecule has 0 saturated heterocycles. The third-order valence-corrected chi connectivity index (χ3v) is 3.12. The van der Waals surface area contributed by atoms with E-state index in [4.69, 9.17) is 4.74 Å². The highest BCUT2D eigenvalue weighted by Gasteiger charge is 2.22. The lowest BCUT2D eigenvalue weighted by Gasteiger charge is -2.27. The Hall–Kier alpha value is -2.36. The number of carbonyl (C=O) groups is 1. The fourth-order valence-electron chi connectivity index (χ4n) is 1.87. The topological polar surface area (TPSA) is 42.4 Å². The lowest BCUT2D eigenvalue weighted by atomic mass is 10.2. The molecule has 0 fully saturated rings. The number of ether oxygens (including phenoxy) is 1. The van der Waals surface area contributed by atoms with Gasteiger partial charge >= 0.3 is 6.09 Å². The van der Waals surface area contributed by atoms with Crippen molar-refractivity contribution in [2.75, 3.05) is 4.90 Å². The molecule has 0 radical (unpaired) electrons. The number of anilines is 1. The minimum Gasteiger partial charge on any atom is -0.410 e. The van der Waals surface area contributed by atoms with E-state index in [0.717, 1.165) is 12.1 Å². The van der Waals surface area contributed by atoms with Crippen molar-refractivity contribution < 1.29 is 9.53 Å². The SMILES string of the molecule is CCC(C)N(C(=O)Oc1ccccc1)c1ccncc1. The predicted molar refractivity (Wildman–Crippen MR) is 78.9 cm³/mol. The maximum absolute atomic E-state index is 12.4. The summed E-state index contributed by atoms with van der Waals surface area (Å²) in [6.07, 6.45) is 3.80. The summed E-state index contributed by atoms with van der Waals surface area (Å²) in [6.45, 7) is 4.03. The van der Waals surface area contributed by atoms with Gasteiger partial charge in [-0.05, 0) is 37.6 Å². The molecular weight excluding hydrogens is 252 g/mol. The molecule has 2 aromatic rings. The molecule has 0 spiro atoms. The number of hydrogen-bond acceptors (Lipinski definition) is 3. The van der Waals surface area contributed by atoms with Gasteiger partial charge in [0, 0.05) is 18.4 Å². The van der Waals surface area contributed by atoms with Crippen LogP contribution in [0.5, 0.6) is 5.75 Å². The van der Waals surface area contributed by atoms with Gasteiger partial charge in [0.25, 0.3) is 0 Å². The van der Waals surface area contributed by atoms with Gasteiger partial charge in [-0.3, -0.25) is 9.88 Å². The Bertz CT molecular complexity index is 543. The third kappa shape index (κ3) is 3.35. The molecule has 0 bridgehead atoms. The predicted octanol–water partition coefficient (Wildman–Crippen LogP) is 3.89. The molecule has 0 N–H and O–H groups in total. The van der Waals surface area contributed by atoms with Crippen LogP contribution in [-0.2, 0) is 0 Å². The van der Waals surface area contributed by atoms with Gasteiger partial charge in [-0.15, -0.1) is 0 Å². The van der Waals surface area contributed by atoms with Gasteiger partial charge in [0.2, 0.25) is 0 Å². The maximum atomic E-state index is 12.4. The average Bonchev–Trinajstić information content (AvgIpc) is 2.49. The molecule has 1 amide bonds. The van der Waals surface area contributed by atoms with Crippen molar-refractivity contribution in [1.29, 1.82) is 0 Å². The van der Waals surface area contributed by atoms with Gasteiger partial charge in [0.05, 0.1) is 5.69 Å². The first-order valence-electron chi connectivity index (χ1n) is 6.68. The largest absolute Gasteiger partial charge is 0.420 e. The molecule has 1 unspecified atom stereocenters. The maximum Gasteiger partial charge on any atom is 0.420 e. The van der Waals surface area contributed by atoms with Crippen LogP contribution in [0.2, 0.25) is 0 Å². The summed E-state index contributed by atoms with van der Waals surface area (Å²) in [4.78, 5) is 18.0. The number of carbonyl (C=O) groups excluding carboxylic acids is 1. The zero-order chi connectivity index (χ0) is 14.4. The van der Waals surface area contributed by atoms with E-state index in [1.54, 1.807) is 41.6 Å². The molecule has 104 valence electrons. The summed E-state index contributed by atoms with van der Waals surface area (Å²) < 4.78 is 5.42. The van der Waals surface area contributed by atoms with Crippen molar-refractivity contribution in [3.63, 3.8) is 0 Å². The van der Waals surface area contributed by atoms with Gasteiger partial charge in [0.1, 0.15) is 5.75 Å². The number of pyridine rings is 1. The Morgan fingerprint density at radius 1 is 1.20 bits per heavy atom. The Morgan fingerprint density at radius 3 is 2.45 bits per heavy atom. The van der Waals surface area contributed by atoms with Crippen molar-refractivity contribution in [3.8, 4) is 5.75 Å². The van der Waals surface area contributed by atoms with E-state index in [2.05, 4.69) is 4.98 Å². The zero-order valence-electron chi connectivity index (χ0n) is 11.7. The van der Waals surface area contributed by atoms with Crippen molar-refractivity contribution in [2.45, 2.75) is 26.3 Å². The highest BCUT2D eigenvalue weighted by molar-refractivity contribution is 5.89. The van der Waals surface area contributed by atoms with Crippen LogP contribution in [0, 0.1) is 0 Å². The lowest BCUT2D eigenvalue weighted by molar-refractivity contribution is 0.205. The van der Waals surface area contributed by atoms with Crippen molar-refractivity contribution in [1.82, 2.24) is 4.98 Å². The van der Waals surface area contributed by atoms with Crippen LogP contribution >= 0.6 is 0 Å². The number of amides is 1. The lowest BCUT2D eigenvalue weighted by Crippen LogP contribution is -2.40. The summed E-state index contributed by atoms with van der Waals surface area (Å²) in [5.41, 5.74) is 0.787. The number of nitrogens with zero attached hydrogens (tertiary/aromatic N) is 2. The van der Waals surface area contributed by atoms with E-state index >= 15 is 0 Å². The molecule has 0 saturated carbocycles. The normalized spacial score (nSPS) is 11.7. The first-order valence-corrected chi connectivity index (χ1v) is 6.68. The molecule has 1 atom stereocenters. The smallest absolute Gasteiger partial charge is 0.410 e. The quantitative estimate of drug-likeness (QED) is 0.846. The summed E-state index contributed by atoms with van der Waals surface area (Å²) in [5, 5.41) is 0. The van der Waals surface area contributed by atoms with E-state index in [0.29, 0.717) is 5.75 Å².